The fourth-order valence-electron chi connectivity index (χ4n) is 3.21. The summed E-state index contributed by atoms with van der Waals surface area (Å²) in [5.74, 6) is 0.0753. The first kappa shape index (κ1) is 21.7. The highest BCUT2D eigenvalue weighted by atomic mass is 16.3. The van der Waals surface area contributed by atoms with Crippen molar-refractivity contribution in [3.05, 3.63) is 108 Å². The van der Waals surface area contributed by atoms with Crippen LogP contribution < -0.4 is 10.6 Å². The van der Waals surface area contributed by atoms with Crippen LogP contribution in [0.5, 0.6) is 0 Å². The van der Waals surface area contributed by atoms with Crippen molar-refractivity contribution in [3.8, 4) is 11.3 Å². The molecular weight excluding hydrogens is 418 g/mol. The molecule has 0 aliphatic rings. The fourth-order valence-corrected chi connectivity index (χ4v) is 3.21. The third-order valence-corrected chi connectivity index (χ3v) is 4.99. The van der Waals surface area contributed by atoms with E-state index in [2.05, 4.69) is 15.6 Å². The topological polar surface area (TPSA) is 101 Å². The van der Waals surface area contributed by atoms with Gasteiger partial charge in [-0.15, -0.1) is 0 Å². The standard InChI is InChI=1S/C26H21N3O4/c1-17(30)19-5-7-20(8-6-19)23-9-10-24(33-23)26(32)28-16-18-3-2-4-21(15-18)25(31)29-22-11-13-27-14-12-22/h2-15H,16H2,1H3,(H,28,32)(H,27,29,31). The molecule has 0 atom stereocenters. The number of hydrogen-bond acceptors (Lipinski definition) is 5. The van der Waals surface area contributed by atoms with Gasteiger partial charge >= 0.3 is 0 Å². The molecule has 0 spiro atoms. The molecule has 7 nitrogen and oxygen atoms in total. The lowest BCUT2D eigenvalue weighted by Crippen LogP contribution is -2.22. The van der Waals surface area contributed by atoms with Crippen molar-refractivity contribution < 1.29 is 18.8 Å². The number of furan rings is 1. The van der Waals surface area contributed by atoms with Crippen molar-refractivity contribution in [2.75, 3.05) is 5.32 Å². The van der Waals surface area contributed by atoms with Crippen molar-refractivity contribution in [1.29, 1.82) is 0 Å². The van der Waals surface area contributed by atoms with E-state index in [0.29, 0.717) is 22.6 Å². The lowest BCUT2D eigenvalue weighted by molar-refractivity contribution is 0.0923. The lowest BCUT2D eigenvalue weighted by atomic mass is 10.1. The van der Waals surface area contributed by atoms with E-state index in [1.807, 2.05) is 6.07 Å². The summed E-state index contributed by atoms with van der Waals surface area (Å²) in [5.41, 5.74) is 3.29. The van der Waals surface area contributed by atoms with Crippen LogP contribution in [-0.2, 0) is 6.54 Å². The number of carbonyl (C=O) groups excluding carboxylic acids is 3. The Balaban J connectivity index is 1.38. The van der Waals surface area contributed by atoms with Crippen molar-refractivity contribution in [1.82, 2.24) is 10.3 Å². The molecule has 33 heavy (non-hydrogen) atoms. The monoisotopic (exact) mass is 439 g/mol. The lowest BCUT2D eigenvalue weighted by Gasteiger charge is -2.08. The number of rotatable bonds is 7. The first-order valence-electron chi connectivity index (χ1n) is 10.3. The van der Waals surface area contributed by atoms with E-state index < -0.39 is 0 Å². The summed E-state index contributed by atoms with van der Waals surface area (Å²) < 4.78 is 5.68. The molecule has 0 radical (unpaired) electrons. The van der Waals surface area contributed by atoms with Crippen LogP contribution in [0.1, 0.15) is 43.8 Å². The van der Waals surface area contributed by atoms with E-state index in [4.69, 9.17) is 4.42 Å². The van der Waals surface area contributed by atoms with Gasteiger partial charge in [0, 0.05) is 41.3 Å². The van der Waals surface area contributed by atoms with E-state index in [9.17, 15) is 14.4 Å². The minimum absolute atomic E-state index is 0.0139. The first-order valence-corrected chi connectivity index (χ1v) is 10.3. The highest BCUT2D eigenvalue weighted by Crippen LogP contribution is 2.23. The van der Waals surface area contributed by atoms with Crippen LogP contribution in [0.15, 0.2) is 89.6 Å². The largest absolute Gasteiger partial charge is 0.451 e. The second-order valence-corrected chi connectivity index (χ2v) is 7.37. The molecule has 0 bridgehead atoms. The maximum Gasteiger partial charge on any atom is 0.287 e. The van der Waals surface area contributed by atoms with Crippen LogP contribution in [0, 0.1) is 0 Å². The number of anilines is 1. The molecule has 164 valence electrons. The van der Waals surface area contributed by atoms with E-state index >= 15 is 0 Å². The van der Waals surface area contributed by atoms with Crippen LogP contribution in [0.3, 0.4) is 0 Å². The molecule has 0 aliphatic carbocycles. The molecule has 7 heteroatoms. The second-order valence-electron chi connectivity index (χ2n) is 7.37. The van der Waals surface area contributed by atoms with Crippen molar-refractivity contribution >= 4 is 23.3 Å². The maximum absolute atomic E-state index is 12.5. The Kier molecular flexibility index (Phi) is 6.40. The third kappa shape index (κ3) is 5.40. The number of carbonyl (C=O) groups is 3. The Morgan fingerprint density at radius 3 is 2.33 bits per heavy atom. The van der Waals surface area contributed by atoms with Gasteiger partial charge in [0.1, 0.15) is 5.76 Å². The smallest absolute Gasteiger partial charge is 0.287 e. The van der Waals surface area contributed by atoms with Gasteiger partial charge < -0.3 is 15.1 Å². The van der Waals surface area contributed by atoms with Crippen molar-refractivity contribution in [3.63, 3.8) is 0 Å². The summed E-state index contributed by atoms with van der Waals surface area (Å²) >= 11 is 0. The number of Topliss-reactive ketones (excluding diaryl/α,β-unsaturated/α-hetero) is 1. The van der Waals surface area contributed by atoms with Crippen LogP contribution in [0.25, 0.3) is 11.3 Å². The SMILES string of the molecule is CC(=O)c1ccc(-c2ccc(C(=O)NCc3cccc(C(=O)Nc4ccncc4)c3)o2)cc1. The number of nitrogens with zero attached hydrogens (tertiary/aromatic N) is 1. The molecule has 0 saturated carbocycles. The number of nitrogens with one attached hydrogen (secondary N) is 2. The van der Waals surface area contributed by atoms with Crippen LogP contribution in [0.2, 0.25) is 0 Å². The van der Waals surface area contributed by atoms with Crippen LogP contribution >= 0.6 is 0 Å². The molecule has 4 aromatic rings. The zero-order chi connectivity index (χ0) is 23.2. The summed E-state index contributed by atoms with van der Waals surface area (Å²) in [5, 5.41) is 5.61. The molecule has 2 aromatic carbocycles. The van der Waals surface area contributed by atoms with Crippen LogP contribution in [0.4, 0.5) is 5.69 Å². The minimum Gasteiger partial charge on any atom is -0.451 e. The van der Waals surface area contributed by atoms with E-state index in [1.54, 1.807) is 79.1 Å². The van der Waals surface area contributed by atoms with E-state index in [1.165, 1.54) is 6.92 Å². The van der Waals surface area contributed by atoms with Gasteiger partial charge in [-0.05, 0) is 48.9 Å². The van der Waals surface area contributed by atoms with Gasteiger partial charge in [-0.2, -0.15) is 0 Å². The number of pyridine rings is 1. The Labute approximate surface area is 190 Å². The average molecular weight is 439 g/mol. The molecule has 0 unspecified atom stereocenters. The predicted octanol–water partition coefficient (Wildman–Crippen LogP) is 4.73. The van der Waals surface area contributed by atoms with E-state index in [-0.39, 0.29) is 29.9 Å². The molecule has 2 amide bonds. The number of ketones is 1. The molecule has 0 fully saturated rings. The van der Waals surface area contributed by atoms with Gasteiger partial charge in [0.15, 0.2) is 11.5 Å². The second kappa shape index (κ2) is 9.74. The Morgan fingerprint density at radius 1 is 0.848 bits per heavy atom. The van der Waals surface area contributed by atoms with Gasteiger partial charge in [-0.1, -0.05) is 36.4 Å². The summed E-state index contributed by atoms with van der Waals surface area (Å²) in [6, 6.07) is 20.7. The van der Waals surface area contributed by atoms with Crippen molar-refractivity contribution in [2.45, 2.75) is 13.5 Å². The first-order chi connectivity index (χ1) is 16.0. The summed E-state index contributed by atoms with van der Waals surface area (Å²) in [4.78, 5) is 40.3. The van der Waals surface area contributed by atoms with Gasteiger partial charge in [-0.3, -0.25) is 19.4 Å². The molecule has 2 N–H and O–H groups in total. The minimum atomic E-state index is -0.367. The Hall–Kier alpha value is -4.52. The van der Waals surface area contributed by atoms with Gasteiger partial charge in [0.2, 0.25) is 0 Å². The zero-order valence-corrected chi connectivity index (χ0v) is 17.9. The molecule has 4 rings (SSSR count). The summed E-state index contributed by atoms with van der Waals surface area (Å²) in [6.07, 6.45) is 3.20. The van der Waals surface area contributed by atoms with Crippen LogP contribution in [-0.4, -0.2) is 22.6 Å². The summed E-state index contributed by atoms with van der Waals surface area (Å²) in [7, 11) is 0. The quantitative estimate of drug-likeness (QED) is 0.406. The number of aromatic nitrogens is 1. The third-order valence-electron chi connectivity index (χ3n) is 4.99. The zero-order valence-electron chi connectivity index (χ0n) is 17.9. The van der Waals surface area contributed by atoms with Gasteiger partial charge in [0.05, 0.1) is 0 Å². The van der Waals surface area contributed by atoms with Gasteiger partial charge in [-0.25, -0.2) is 0 Å². The molecular formula is C26H21N3O4. The average Bonchev–Trinajstić information content (AvgIpc) is 3.34. The molecule has 2 heterocycles. The highest BCUT2D eigenvalue weighted by molar-refractivity contribution is 6.04. The summed E-state index contributed by atoms with van der Waals surface area (Å²) in [6.45, 7) is 1.74. The molecule has 0 saturated heterocycles. The maximum atomic E-state index is 12.5. The predicted molar refractivity (Wildman–Crippen MR) is 124 cm³/mol. The Morgan fingerprint density at radius 2 is 1.61 bits per heavy atom. The van der Waals surface area contributed by atoms with E-state index in [0.717, 1.165) is 11.1 Å². The molecule has 2 aromatic heterocycles. The number of benzene rings is 2. The number of hydrogen-bond donors (Lipinski definition) is 2. The van der Waals surface area contributed by atoms with Crippen molar-refractivity contribution in [2.24, 2.45) is 0 Å². The Bertz CT molecular complexity index is 1290. The fraction of sp³-hybridized carbons (Fsp3) is 0.0769. The normalized spacial score (nSPS) is 10.5. The highest BCUT2D eigenvalue weighted by Gasteiger charge is 2.13. The molecule has 0 aliphatic heterocycles. The number of amides is 2. The van der Waals surface area contributed by atoms with Gasteiger partial charge in [0.25, 0.3) is 11.8 Å².